The third-order valence-corrected chi connectivity index (χ3v) is 5.12. The van der Waals surface area contributed by atoms with E-state index in [2.05, 4.69) is 0 Å². The minimum absolute atomic E-state index is 0.257. The highest BCUT2D eigenvalue weighted by Crippen LogP contribution is 2.18. The zero-order valence-corrected chi connectivity index (χ0v) is 16.6. The first-order valence-corrected chi connectivity index (χ1v) is 9.86. The molecule has 1 heterocycles. The Balaban J connectivity index is 1.53. The van der Waals surface area contributed by atoms with E-state index in [1.807, 2.05) is 51.6 Å². The number of benzene rings is 3. The smallest absolute Gasteiger partial charge is 0.203 e. The number of nitrogens with zero attached hydrogens (tertiary/aromatic N) is 2. The van der Waals surface area contributed by atoms with Crippen molar-refractivity contribution in [1.29, 1.82) is 5.41 Å². The topological polar surface area (TPSA) is 42.9 Å². The molecule has 0 aliphatic rings. The van der Waals surface area contributed by atoms with Crippen molar-refractivity contribution in [2.75, 3.05) is 6.61 Å². The molecule has 4 aromatic rings. The predicted octanol–water partition coefficient (Wildman–Crippen LogP) is 5.23. The molecule has 0 amide bonds. The van der Waals surface area contributed by atoms with Crippen LogP contribution in [0.1, 0.15) is 12.0 Å². The van der Waals surface area contributed by atoms with Crippen LogP contribution in [0.5, 0.6) is 5.75 Å². The molecule has 0 aliphatic carbocycles. The Morgan fingerprint density at radius 2 is 1.52 bits per heavy atom. The van der Waals surface area contributed by atoms with E-state index in [0.29, 0.717) is 35.9 Å². The van der Waals surface area contributed by atoms with Crippen LogP contribution >= 0.6 is 11.6 Å². The molecule has 6 heteroatoms. The van der Waals surface area contributed by atoms with Crippen molar-refractivity contribution in [3.63, 3.8) is 0 Å². The highest BCUT2D eigenvalue weighted by atomic mass is 35.5. The van der Waals surface area contributed by atoms with E-state index in [4.69, 9.17) is 21.7 Å². The van der Waals surface area contributed by atoms with E-state index in [1.54, 1.807) is 24.3 Å². The van der Waals surface area contributed by atoms with E-state index < -0.39 is 0 Å². The first-order chi connectivity index (χ1) is 14.1. The van der Waals surface area contributed by atoms with Crippen LogP contribution in [-0.2, 0) is 13.1 Å². The third kappa shape index (κ3) is 4.20. The fourth-order valence-corrected chi connectivity index (χ4v) is 3.55. The van der Waals surface area contributed by atoms with Gasteiger partial charge in [-0.05, 0) is 48.9 Å². The van der Waals surface area contributed by atoms with E-state index >= 15 is 0 Å². The standard InChI is InChI=1S/C23H21ClFN3O/c24-18-10-12-19(13-11-18)29-15-5-14-27-21-8-3-4-9-22(21)28(23(27)26)16-17-6-1-2-7-20(17)25/h1-4,6-13,26H,5,14-16H2. The number of ether oxygens (including phenoxy) is 1. The van der Waals surface area contributed by atoms with E-state index in [0.717, 1.165) is 23.2 Å². The van der Waals surface area contributed by atoms with Crippen LogP contribution in [0, 0.1) is 11.2 Å². The number of aromatic nitrogens is 2. The molecular formula is C23H21ClFN3O. The summed E-state index contributed by atoms with van der Waals surface area (Å²) in [6.45, 7) is 1.48. The van der Waals surface area contributed by atoms with Crippen LogP contribution < -0.4 is 10.4 Å². The second kappa shape index (κ2) is 8.53. The van der Waals surface area contributed by atoms with Crippen molar-refractivity contribution in [3.8, 4) is 5.75 Å². The number of hydrogen-bond acceptors (Lipinski definition) is 2. The van der Waals surface area contributed by atoms with Gasteiger partial charge in [0.05, 0.1) is 24.2 Å². The molecule has 0 bridgehead atoms. The molecule has 0 atom stereocenters. The monoisotopic (exact) mass is 409 g/mol. The maximum Gasteiger partial charge on any atom is 0.203 e. The number of nitrogens with one attached hydrogen (secondary N) is 1. The molecule has 0 radical (unpaired) electrons. The number of halogens is 2. The molecule has 4 rings (SSSR count). The average Bonchev–Trinajstić information content (AvgIpc) is 3.00. The lowest BCUT2D eigenvalue weighted by atomic mass is 10.2. The summed E-state index contributed by atoms with van der Waals surface area (Å²) in [5.74, 6) is 0.514. The van der Waals surface area contributed by atoms with Crippen molar-refractivity contribution >= 4 is 22.6 Å². The summed E-state index contributed by atoms with van der Waals surface area (Å²) in [7, 11) is 0. The molecule has 4 nitrogen and oxygen atoms in total. The van der Waals surface area contributed by atoms with Crippen molar-refractivity contribution in [2.24, 2.45) is 0 Å². The molecule has 0 saturated carbocycles. The molecule has 29 heavy (non-hydrogen) atoms. The number of imidazole rings is 1. The summed E-state index contributed by atoms with van der Waals surface area (Å²) in [4.78, 5) is 0. The second-order valence-electron chi connectivity index (χ2n) is 6.80. The fourth-order valence-electron chi connectivity index (χ4n) is 3.42. The number of hydrogen-bond donors (Lipinski definition) is 1. The van der Waals surface area contributed by atoms with Gasteiger partial charge in [0.1, 0.15) is 11.6 Å². The van der Waals surface area contributed by atoms with Gasteiger partial charge in [-0.3, -0.25) is 5.41 Å². The SMILES string of the molecule is N=c1n(CCCOc2ccc(Cl)cc2)c2ccccc2n1Cc1ccccc1F. The quantitative estimate of drug-likeness (QED) is 0.417. The minimum atomic E-state index is -0.257. The first-order valence-electron chi connectivity index (χ1n) is 9.48. The molecule has 0 spiro atoms. The number of aryl methyl sites for hydroxylation is 1. The Morgan fingerprint density at radius 1 is 0.862 bits per heavy atom. The van der Waals surface area contributed by atoms with Gasteiger partial charge in [0.15, 0.2) is 0 Å². The normalized spacial score (nSPS) is 11.1. The summed E-state index contributed by atoms with van der Waals surface area (Å²) in [6, 6.07) is 21.8. The average molecular weight is 410 g/mol. The van der Waals surface area contributed by atoms with Gasteiger partial charge in [0.25, 0.3) is 0 Å². The predicted molar refractivity (Wildman–Crippen MR) is 113 cm³/mol. The molecule has 1 N–H and O–H groups in total. The van der Waals surface area contributed by atoms with Gasteiger partial charge in [-0.1, -0.05) is 41.9 Å². The minimum Gasteiger partial charge on any atom is -0.494 e. The van der Waals surface area contributed by atoms with E-state index in [1.165, 1.54) is 6.07 Å². The molecular weight excluding hydrogens is 389 g/mol. The number of fused-ring (bicyclic) bond motifs is 1. The Hall–Kier alpha value is -3.05. The molecule has 0 saturated heterocycles. The molecule has 3 aromatic carbocycles. The lowest BCUT2D eigenvalue weighted by Gasteiger charge is -2.08. The lowest BCUT2D eigenvalue weighted by molar-refractivity contribution is 0.301. The molecule has 0 aliphatic heterocycles. The fraction of sp³-hybridized carbons (Fsp3) is 0.174. The molecule has 148 valence electrons. The Kier molecular flexibility index (Phi) is 5.67. The second-order valence-corrected chi connectivity index (χ2v) is 7.23. The van der Waals surface area contributed by atoms with Crippen molar-refractivity contribution in [1.82, 2.24) is 9.13 Å². The molecule has 0 fully saturated rings. The molecule has 1 aromatic heterocycles. The zero-order chi connectivity index (χ0) is 20.2. The van der Waals surface area contributed by atoms with Gasteiger partial charge in [0.2, 0.25) is 5.62 Å². The van der Waals surface area contributed by atoms with Crippen LogP contribution in [0.3, 0.4) is 0 Å². The summed E-state index contributed by atoms with van der Waals surface area (Å²) in [6.07, 6.45) is 0.743. The van der Waals surface area contributed by atoms with E-state index in [-0.39, 0.29) is 5.82 Å². The van der Waals surface area contributed by atoms with Gasteiger partial charge >= 0.3 is 0 Å². The Bertz CT molecular complexity index is 1180. The highest BCUT2D eigenvalue weighted by molar-refractivity contribution is 6.30. The van der Waals surface area contributed by atoms with Crippen molar-refractivity contribution in [3.05, 3.63) is 94.8 Å². The number of rotatable bonds is 7. The zero-order valence-electron chi connectivity index (χ0n) is 15.8. The van der Waals surface area contributed by atoms with Crippen molar-refractivity contribution in [2.45, 2.75) is 19.5 Å². The summed E-state index contributed by atoms with van der Waals surface area (Å²) in [5, 5.41) is 9.34. The molecule has 0 unspecified atom stereocenters. The maximum atomic E-state index is 14.1. The first kappa shape index (κ1) is 19.3. The van der Waals surface area contributed by atoms with Gasteiger partial charge < -0.3 is 13.9 Å². The number of para-hydroxylation sites is 2. The Labute approximate surface area is 173 Å². The van der Waals surface area contributed by atoms with Crippen LogP contribution in [0.25, 0.3) is 11.0 Å². The van der Waals surface area contributed by atoms with Crippen LogP contribution in [0.15, 0.2) is 72.8 Å². The van der Waals surface area contributed by atoms with Crippen LogP contribution in [0.2, 0.25) is 5.02 Å². The van der Waals surface area contributed by atoms with Gasteiger partial charge in [-0.15, -0.1) is 0 Å². The van der Waals surface area contributed by atoms with Gasteiger partial charge in [-0.25, -0.2) is 4.39 Å². The largest absolute Gasteiger partial charge is 0.494 e. The third-order valence-electron chi connectivity index (χ3n) is 4.87. The van der Waals surface area contributed by atoms with Gasteiger partial charge in [-0.2, -0.15) is 0 Å². The van der Waals surface area contributed by atoms with Crippen LogP contribution in [-0.4, -0.2) is 15.7 Å². The van der Waals surface area contributed by atoms with E-state index in [9.17, 15) is 4.39 Å². The van der Waals surface area contributed by atoms with Crippen molar-refractivity contribution < 1.29 is 9.13 Å². The summed E-state index contributed by atoms with van der Waals surface area (Å²) in [5.41, 5.74) is 2.79. The summed E-state index contributed by atoms with van der Waals surface area (Å²) < 4.78 is 23.7. The highest BCUT2D eigenvalue weighted by Gasteiger charge is 2.12. The lowest BCUT2D eigenvalue weighted by Crippen LogP contribution is -2.26. The van der Waals surface area contributed by atoms with Crippen LogP contribution in [0.4, 0.5) is 4.39 Å². The Morgan fingerprint density at radius 3 is 2.24 bits per heavy atom. The maximum absolute atomic E-state index is 14.1. The summed E-state index contributed by atoms with van der Waals surface area (Å²) >= 11 is 5.89. The van der Waals surface area contributed by atoms with Gasteiger partial charge in [0, 0.05) is 17.1 Å².